The molecule has 0 bridgehead atoms. The maximum Gasteiger partial charge on any atom is 0.328 e. The van der Waals surface area contributed by atoms with Crippen LogP contribution < -0.4 is 0 Å². The Morgan fingerprint density at radius 2 is 2.00 bits per heavy atom. The van der Waals surface area contributed by atoms with Crippen LogP contribution in [0.4, 0.5) is 0 Å². The van der Waals surface area contributed by atoms with Gasteiger partial charge >= 0.3 is 5.97 Å². The summed E-state index contributed by atoms with van der Waals surface area (Å²) in [6.45, 7) is 9.97. The number of carbonyl (C=O) groups is 1. The van der Waals surface area contributed by atoms with E-state index in [1.165, 1.54) is 4.68 Å². The highest BCUT2D eigenvalue weighted by Crippen LogP contribution is 2.29. The summed E-state index contributed by atoms with van der Waals surface area (Å²) in [5.41, 5.74) is 0.729. The lowest BCUT2D eigenvalue weighted by Crippen LogP contribution is -2.25. The molecule has 0 saturated heterocycles. The third-order valence-corrected chi connectivity index (χ3v) is 3.37. The molecule has 0 amide bonds. The van der Waals surface area contributed by atoms with Crippen molar-refractivity contribution < 1.29 is 9.90 Å². The van der Waals surface area contributed by atoms with Crippen molar-refractivity contribution >= 4 is 5.97 Å². The van der Waals surface area contributed by atoms with Gasteiger partial charge in [0.2, 0.25) is 0 Å². The standard InChI is InChI=1S/C11H19N3O2/c1-7(2)11(4,5)9-6-14(13-12-9)8(3)10(15)16/h6-8H,1-5H3,(H,15,16)/t8-/m0/s1. The summed E-state index contributed by atoms with van der Waals surface area (Å²) in [5, 5.41) is 16.8. The van der Waals surface area contributed by atoms with Crippen LogP contribution in [0.15, 0.2) is 6.20 Å². The van der Waals surface area contributed by atoms with Crippen LogP contribution in [0.25, 0.3) is 0 Å². The Morgan fingerprint density at radius 3 is 2.44 bits per heavy atom. The third-order valence-electron chi connectivity index (χ3n) is 3.37. The molecule has 1 heterocycles. The van der Waals surface area contributed by atoms with Gasteiger partial charge in [-0.2, -0.15) is 0 Å². The van der Waals surface area contributed by atoms with Gasteiger partial charge in [0, 0.05) is 11.6 Å². The van der Waals surface area contributed by atoms with E-state index in [0.717, 1.165) is 5.69 Å². The Balaban J connectivity index is 2.99. The highest BCUT2D eigenvalue weighted by molar-refractivity contribution is 5.71. The number of carboxylic acids is 1. The molecular weight excluding hydrogens is 206 g/mol. The SMILES string of the molecule is CC(C)C(C)(C)c1cn([C@@H](C)C(=O)O)nn1. The second kappa shape index (κ2) is 4.23. The van der Waals surface area contributed by atoms with E-state index >= 15 is 0 Å². The molecule has 0 fully saturated rings. The van der Waals surface area contributed by atoms with Gasteiger partial charge in [-0.3, -0.25) is 0 Å². The minimum absolute atomic E-state index is 0.101. The summed E-state index contributed by atoms with van der Waals surface area (Å²) in [5.74, 6) is -0.489. The van der Waals surface area contributed by atoms with E-state index in [4.69, 9.17) is 5.11 Å². The highest BCUT2D eigenvalue weighted by atomic mass is 16.4. The highest BCUT2D eigenvalue weighted by Gasteiger charge is 2.29. The number of rotatable bonds is 4. The Morgan fingerprint density at radius 1 is 1.44 bits per heavy atom. The van der Waals surface area contributed by atoms with Crippen molar-refractivity contribution in [1.29, 1.82) is 0 Å². The van der Waals surface area contributed by atoms with E-state index in [0.29, 0.717) is 5.92 Å². The third kappa shape index (κ3) is 2.23. The van der Waals surface area contributed by atoms with E-state index in [1.54, 1.807) is 13.1 Å². The average molecular weight is 225 g/mol. The van der Waals surface area contributed by atoms with E-state index < -0.39 is 12.0 Å². The fourth-order valence-electron chi connectivity index (χ4n) is 1.17. The Hall–Kier alpha value is -1.39. The topological polar surface area (TPSA) is 68.0 Å². The van der Waals surface area contributed by atoms with Crippen molar-refractivity contribution in [3.05, 3.63) is 11.9 Å². The second-order valence-electron chi connectivity index (χ2n) is 4.97. The smallest absolute Gasteiger partial charge is 0.328 e. The van der Waals surface area contributed by atoms with Crippen molar-refractivity contribution in [1.82, 2.24) is 15.0 Å². The van der Waals surface area contributed by atoms with Gasteiger partial charge in [-0.05, 0) is 12.8 Å². The second-order valence-corrected chi connectivity index (χ2v) is 4.97. The Kier molecular flexibility index (Phi) is 3.35. The molecule has 0 aromatic carbocycles. The lowest BCUT2D eigenvalue weighted by molar-refractivity contribution is -0.140. The molecule has 0 aliphatic carbocycles. The van der Waals surface area contributed by atoms with Crippen molar-refractivity contribution in [2.45, 2.75) is 46.1 Å². The maximum atomic E-state index is 10.8. The first-order chi connectivity index (χ1) is 7.26. The van der Waals surface area contributed by atoms with Crippen molar-refractivity contribution in [3.8, 4) is 0 Å². The van der Waals surface area contributed by atoms with Gasteiger partial charge in [-0.15, -0.1) is 5.10 Å². The Labute approximate surface area is 95.5 Å². The van der Waals surface area contributed by atoms with Crippen LogP contribution in [0.2, 0.25) is 0 Å². The molecule has 0 aliphatic rings. The van der Waals surface area contributed by atoms with Crippen LogP contribution in [-0.2, 0) is 10.2 Å². The van der Waals surface area contributed by atoms with Crippen molar-refractivity contribution in [2.75, 3.05) is 0 Å². The zero-order valence-corrected chi connectivity index (χ0v) is 10.4. The van der Waals surface area contributed by atoms with Gasteiger partial charge in [0.05, 0.1) is 5.69 Å². The van der Waals surface area contributed by atoms with E-state index in [1.807, 2.05) is 0 Å². The number of aliphatic carboxylic acids is 1. The fourth-order valence-corrected chi connectivity index (χ4v) is 1.17. The Bertz CT molecular complexity index is 382. The summed E-state index contributed by atoms with van der Waals surface area (Å²) < 4.78 is 1.39. The van der Waals surface area contributed by atoms with Crippen LogP contribution in [0.1, 0.15) is 46.4 Å². The monoisotopic (exact) mass is 225 g/mol. The first kappa shape index (κ1) is 12.7. The summed E-state index contributed by atoms with van der Waals surface area (Å²) in [7, 11) is 0. The molecular formula is C11H19N3O2. The number of hydrogen-bond acceptors (Lipinski definition) is 3. The van der Waals surface area contributed by atoms with Gasteiger partial charge in [0.25, 0.3) is 0 Å². The zero-order valence-electron chi connectivity index (χ0n) is 10.4. The van der Waals surface area contributed by atoms with E-state index in [-0.39, 0.29) is 5.41 Å². The zero-order chi connectivity index (χ0) is 12.5. The molecule has 0 radical (unpaired) electrons. The molecule has 5 heteroatoms. The number of hydrogen-bond donors (Lipinski definition) is 1. The molecule has 1 aromatic rings. The molecule has 90 valence electrons. The van der Waals surface area contributed by atoms with Crippen LogP contribution in [0.3, 0.4) is 0 Å². The van der Waals surface area contributed by atoms with Crippen LogP contribution in [0.5, 0.6) is 0 Å². The summed E-state index contributed by atoms with van der Waals surface area (Å²) in [6.07, 6.45) is 1.72. The predicted molar refractivity (Wildman–Crippen MR) is 60.2 cm³/mol. The molecule has 5 nitrogen and oxygen atoms in total. The van der Waals surface area contributed by atoms with Gasteiger partial charge in [-0.1, -0.05) is 32.9 Å². The first-order valence-electron chi connectivity index (χ1n) is 5.42. The minimum atomic E-state index is -0.904. The summed E-state index contributed by atoms with van der Waals surface area (Å²) in [4.78, 5) is 10.8. The quantitative estimate of drug-likeness (QED) is 0.849. The first-order valence-corrected chi connectivity index (χ1v) is 5.42. The molecule has 1 rings (SSSR count). The summed E-state index contributed by atoms with van der Waals surface area (Å²) >= 11 is 0. The average Bonchev–Trinajstić information content (AvgIpc) is 2.65. The van der Waals surface area contributed by atoms with E-state index in [2.05, 4.69) is 38.0 Å². The van der Waals surface area contributed by atoms with E-state index in [9.17, 15) is 4.79 Å². The maximum absolute atomic E-state index is 10.8. The number of nitrogens with zero attached hydrogens (tertiary/aromatic N) is 3. The molecule has 1 aromatic heterocycles. The summed E-state index contributed by atoms with van der Waals surface area (Å²) in [6, 6.07) is -0.677. The molecule has 0 aliphatic heterocycles. The van der Waals surface area contributed by atoms with Gasteiger partial charge in [0.15, 0.2) is 0 Å². The largest absolute Gasteiger partial charge is 0.480 e. The number of aromatic nitrogens is 3. The predicted octanol–water partition coefficient (Wildman–Crippen LogP) is 1.86. The van der Waals surface area contributed by atoms with Gasteiger partial charge < -0.3 is 5.11 Å². The lowest BCUT2D eigenvalue weighted by atomic mass is 9.79. The molecule has 0 saturated carbocycles. The molecule has 1 atom stereocenters. The molecule has 16 heavy (non-hydrogen) atoms. The van der Waals surface area contributed by atoms with Crippen LogP contribution >= 0.6 is 0 Å². The number of carboxylic acid groups (broad SMARTS) is 1. The van der Waals surface area contributed by atoms with Gasteiger partial charge in [-0.25, -0.2) is 9.48 Å². The normalized spacial score (nSPS) is 14.1. The minimum Gasteiger partial charge on any atom is -0.480 e. The van der Waals surface area contributed by atoms with Gasteiger partial charge in [0.1, 0.15) is 6.04 Å². The lowest BCUT2D eigenvalue weighted by Gasteiger charge is -2.26. The van der Waals surface area contributed by atoms with Crippen molar-refractivity contribution in [3.63, 3.8) is 0 Å². The van der Waals surface area contributed by atoms with Crippen LogP contribution in [0, 0.1) is 5.92 Å². The van der Waals surface area contributed by atoms with Crippen LogP contribution in [-0.4, -0.2) is 26.1 Å². The molecule has 1 N–H and O–H groups in total. The fraction of sp³-hybridized carbons (Fsp3) is 0.727. The van der Waals surface area contributed by atoms with Crippen molar-refractivity contribution in [2.24, 2.45) is 5.92 Å². The molecule has 0 spiro atoms. The molecule has 0 unspecified atom stereocenters.